The van der Waals surface area contributed by atoms with Gasteiger partial charge in [-0.2, -0.15) is 0 Å². The first-order valence-corrected chi connectivity index (χ1v) is 15.3. The number of benzene rings is 4. The van der Waals surface area contributed by atoms with Crippen LogP contribution in [0, 0.1) is 0 Å². The maximum atomic E-state index is 13.6. The van der Waals surface area contributed by atoms with Crippen molar-refractivity contribution in [1.82, 2.24) is 3.97 Å². The predicted octanol–water partition coefficient (Wildman–Crippen LogP) is 5.13. The molecule has 5 heteroatoms. The van der Waals surface area contributed by atoms with E-state index >= 15 is 0 Å². The van der Waals surface area contributed by atoms with Crippen molar-refractivity contribution in [1.29, 1.82) is 0 Å². The van der Waals surface area contributed by atoms with E-state index in [1.54, 1.807) is 30.5 Å². The van der Waals surface area contributed by atoms with Gasteiger partial charge in [-0.25, -0.2) is 12.4 Å². The summed E-state index contributed by atoms with van der Waals surface area (Å²) in [6.45, 7) is 7.03. The summed E-state index contributed by atoms with van der Waals surface area (Å²) in [5, 5.41) is 5.05. The molecule has 0 amide bonds. The average Bonchev–Trinajstić information content (AvgIpc) is 3.43. The first kappa shape index (κ1) is 22.1. The largest absolute Gasteiger partial charge is 0.268 e. The lowest BCUT2D eigenvalue weighted by atomic mass is 10.0. The van der Waals surface area contributed by atoms with Gasteiger partial charge in [0.1, 0.15) is 0 Å². The average molecular weight is 494 g/mol. The maximum Gasteiger partial charge on any atom is 0.268 e. The minimum absolute atomic E-state index is 0.0512. The molecule has 2 heterocycles. The first-order chi connectivity index (χ1) is 16.8. The van der Waals surface area contributed by atoms with Crippen LogP contribution in [0.4, 0.5) is 0 Å². The summed E-state index contributed by atoms with van der Waals surface area (Å²) in [6, 6.07) is 34.4. The van der Waals surface area contributed by atoms with Crippen LogP contribution in [0.15, 0.2) is 114 Å². The standard InChI is InChI=1S/C30H27NO2SSi/c1-30(2,3)35(23-14-8-5-9-15-23)28-17-11-10-16-24(28)25-18-19-27-26(29(25)35)20-21-31(27)34(32,33)22-12-6-4-7-13-22/h4-21H,1-3H3/t35-/m1/s1. The second-order valence-corrected chi connectivity index (χ2v) is 16.7. The van der Waals surface area contributed by atoms with Gasteiger partial charge < -0.3 is 0 Å². The smallest absolute Gasteiger partial charge is 0.241 e. The number of fused-ring (bicyclic) bond motifs is 5. The molecule has 0 aliphatic carbocycles. The molecule has 5 aromatic rings. The van der Waals surface area contributed by atoms with Crippen LogP contribution in [-0.4, -0.2) is 20.5 Å². The maximum absolute atomic E-state index is 13.6. The van der Waals surface area contributed by atoms with Gasteiger partial charge in [0, 0.05) is 11.6 Å². The van der Waals surface area contributed by atoms with E-state index in [0.29, 0.717) is 4.90 Å². The van der Waals surface area contributed by atoms with Crippen LogP contribution in [0.2, 0.25) is 5.04 Å². The van der Waals surface area contributed by atoms with Crippen LogP contribution in [0.3, 0.4) is 0 Å². The first-order valence-electron chi connectivity index (χ1n) is 11.9. The lowest BCUT2D eigenvalue weighted by Gasteiger charge is -2.42. The molecule has 0 saturated carbocycles. The Morgan fingerprint density at radius 1 is 0.686 bits per heavy atom. The molecule has 1 aliphatic rings. The number of nitrogens with zero attached hydrogens (tertiary/aromatic N) is 1. The molecule has 0 bridgehead atoms. The van der Waals surface area contributed by atoms with Crippen molar-refractivity contribution >= 4 is 44.6 Å². The van der Waals surface area contributed by atoms with Gasteiger partial charge in [0.2, 0.25) is 0 Å². The minimum Gasteiger partial charge on any atom is -0.241 e. The van der Waals surface area contributed by atoms with Crippen LogP contribution < -0.4 is 15.6 Å². The molecule has 1 atom stereocenters. The summed E-state index contributed by atoms with van der Waals surface area (Å²) >= 11 is 0. The molecule has 35 heavy (non-hydrogen) atoms. The highest BCUT2D eigenvalue weighted by Gasteiger charge is 2.55. The molecule has 4 aromatic carbocycles. The second kappa shape index (κ2) is 7.54. The molecule has 0 N–H and O–H groups in total. The Balaban J connectivity index is 1.74. The zero-order valence-electron chi connectivity index (χ0n) is 20.1. The van der Waals surface area contributed by atoms with Crippen LogP contribution in [0.1, 0.15) is 20.8 Å². The van der Waals surface area contributed by atoms with E-state index < -0.39 is 18.1 Å². The van der Waals surface area contributed by atoms with Crippen molar-refractivity contribution in [2.45, 2.75) is 30.7 Å². The zero-order chi connectivity index (χ0) is 24.4. The van der Waals surface area contributed by atoms with Crippen molar-refractivity contribution in [3.63, 3.8) is 0 Å². The summed E-state index contributed by atoms with van der Waals surface area (Å²) in [6.07, 6.45) is 1.73. The van der Waals surface area contributed by atoms with E-state index in [1.165, 1.54) is 30.7 Å². The van der Waals surface area contributed by atoms with Gasteiger partial charge in [-0.1, -0.05) is 99.6 Å². The Morgan fingerprint density at radius 3 is 2.00 bits per heavy atom. The van der Waals surface area contributed by atoms with Crippen LogP contribution in [0.5, 0.6) is 0 Å². The van der Waals surface area contributed by atoms with Crippen LogP contribution in [-0.2, 0) is 10.0 Å². The van der Waals surface area contributed by atoms with E-state index in [0.717, 1.165) is 10.9 Å². The summed E-state index contributed by atoms with van der Waals surface area (Å²) in [7, 11) is -6.26. The Bertz CT molecular complexity index is 1680. The number of aromatic nitrogens is 1. The zero-order valence-corrected chi connectivity index (χ0v) is 21.9. The van der Waals surface area contributed by atoms with E-state index in [1.807, 2.05) is 18.2 Å². The third-order valence-electron chi connectivity index (χ3n) is 7.46. The van der Waals surface area contributed by atoms with Gasteiger partial charge in [-0.3, -0.25) is 0 Å². The van der Waals surface area contributed by atoms with Crippen molar-refractivity contribution < 1.29 is 8.42 Å². The normalized spacial score (nSPS) is 17.3. The van der Waals surface area contributed by atoms with Gasteiger partial charge >= 0.3 is 0 Å². The summed E-state index contributed by atoms with van der Waals surface area (Å²) in [5.41, 5.74) is 3.24. The monoisotopic (exact) mass is 493 g/mol. The SMILES string of the molecule is CC(C)(C)[Si@]1(c2ccccc2)c2ccccc2-c2ccc3c(ccn3S(=O)(=O)c3ccccc3)c21. The molecular weight excluding hydrogens is 466 g/mol. The fourth-order valence-corrected chi connectivity index (χ4v) is 13.7. The van der Waals surface area contributed by atoms with E-state index in [9.17, 15) is 8.42 Å². The molecule has 0 radical (unpaired) electrons. The fourth-order valence-electron chi connectivity index (χ4n) is 6.12. The topological polar surface area (TPSA) is 39.1 Å². The number of hydrogen-bond donors (Lipinski definition) is 0. The highest BCUT2D eigenvalue weighted by Crippen LogP contribution is 2.44. The molecule has 3 nitrogen and oxygen atoms in total. The van der Waals surface area contributed by atoms with Gasteiger partial charge in [0.15, 0.2) is 8.07 Å². The van der Waals surface area contributed by atoms with E-state index in [-0.39, 0.29) is 5.04 Å². The molecule has 6 rings (SSSR count). The van der Waals surface area contributed by atoms with Gasteiger partial charge in [0.05, 0.1) is 10.4 Å². The number of rotatable bonds is 3. The molecule has 0 fully saturated rings. The molecule has 0 spiro atoms. The second-order valence-electron chi connectivity index (χ2n) is 10.3. The molecule has 1 aliphatic heterocycles. The highest BCUT2D eigenvalue weighted by molar-refractivity contribution is 7.90. The van der Waals surface area contributed by atoms with Crippen molar-refractivity contribution in [2.24, 2.45) is 0 Å². The lowest BCUT2D eigenvalue weighted by molar-refractivity contribution is 0.589. The third-order valence-corrected chi connectivity index (χ3v) is 15.2. The Hall–Kier alpha value is -3.41. The van der Waals surface area contributed by atoms with Crippen molar-refractivity contribution in [3.05, 3.63) is 109 Å². The van der Waals surface area contributed by atoms with E-state index in [2.05, 4.69) is 81.4 Å². The Morgan fingerprint density at radius 2 is 1.31 bits per heavy atom. The summed E-state index contributed by atoms with van der Waals surface area (Å²) in [4.78, 5) is 0.295. The lowest BCUT2D eigenvalue weighted by Crippen LogP contribution is -2.70. The third kappa shape index (κ3) is 2.92. The molecule has 1 aromatic heterocycles. The highest BCUT2D eigenvalue weighted by atomic mass is 32.2. The van der Waals surface area contributed by atoms with Gasteiger partial charge in [0.25, 0.3) is 10.0 Å². The fraction of sp³-hybridized carbons (Fsp3) is 0.133. The Labute approximate surface area is 207 Å². The number of hydrogen-bond acceptors (Lipinski definition) is 2. The van der Waals surface area contributed by atoms with Crippen molar-refractivity contribution in [2.75, 3.05) is 0 Å². The Kier molecular flexibility index (Phi) is 4.76. The summed E-state index contributed by atoms with van der Waals surface area (Å²) in [5.74, 6) is 0. The minimum atomic E-state index is -3.71. The molecule has 0 saturated heterocycles. The molecule has 174 valence electrons. The van der Waals surface area contributed by atoms with E-state index in [4.69, 9.17) is 0 Å². The van der Waals surface area contributed by atoms with Gasteiger partial charge in [-0.15, -0.1) is 0 Å². The molecular formula is C30H27NO2SSi. The van der Waals surface area contributed by atoms with Crippen molar-refractivity contribution in [3.8, 4) is 11.1 Å². The van der Waals surface area contributed by atoms with Gasteiger partial charge in [-0.05, 0) is 56.0 Å². The summed E-state index contributed by atoms with van der Waals surface area (Å²) < 4.78 is 28.7. The van der Waals surface area contributed by atoms with Crippen LogP contribution in [0.25, 0.3) is 22.0 Å². The molecule has 0 unspecified atom stereocenters. The predicted molar refractivity (Wildman–Crippen MR) is 147 cm³/mol. The quantitative estimate of drug-likeness (QED) is 0.327. The van der Waals surface area contributed by atoms with Crippen LogP contribution >= 0.6 is 0 Å².